The van der Waals surface area contributed by atoms with Crippen molar-refractivity contribution in [1.82, 2.24) is 4.31 Å². The number of anilines is 1. The number of carbonyl (C=O) groups excluding carboxylic acids is 1. The SMILES string of the molecule is CC(=O)Nc1ccc(C)cc1S(=O)(=O)N1CCOc2ccc(COCc3ccc(F)cc3)cc2C1. The number of ether oxygens (including phenoxy) is 2. The van der Waals surface area contributed by atoms with Crippen molar-refractivity contribution in [3.8, 4) is 5.75 Å². The molecular formula is C26H27FN2O5S. The molecule has 0 aliphatic carbocycles. The second-order valence-electron chi connectivity index (χ2n) is 8.43. The lowest BCUT2D eigenvalue weighted by Gasteiger charge is -2.22. The smallest absolute Gasteiger partial charge is 0.245 e. The molecule has 7 nitrogen and oxygen atoms in total. The van der Waals surface area contributed by atoms with Gasteiger partial charge in [0.25, 0.3) is 0 Å². The van der Waals surface area contributed by atoms with Gasteiger partial charge in [-0.25, -0.2) is 12.8 Å². The van der Waals surface area contributed by atoms with Crippen LogP contribution in [-0.2, 0) is 39.3 Å². The van der Waals surface area contributed by atoms with E-state index in [0.29, 0.717) is 19.0 Å². The summed E-state index contributed by atoms with van der Waals surface area (Å²) in [7, 11) is -3.92. The maximum Gasteiger partial charge on any atom is 0.245 e. The van der Waals surface area contributed by atoms with Crippen LogP contribution in [0.1, 0.15) is 29.2 Å². The van der Waals surface area contributed by atoms with Gasteiger partial charge in [-0.1, -0.05) is 24.3 Å². The van der Waals surface area contributed by atoms with E-state index in [4.69, 9.17) is 9.47 Å². The summed E-state index contributed by atoms with van der Waals surface area (Å²) in [6.45, 7) is 4.27. The van der Waals surface area contributed by atoms with Crippen molar-refractivity contribution >= 4 is 21.6 Å². The van der Waals surface area contributed by atoms with Crippen LogP contribution in [0.5, 0.6) is 5.75 Å². The van der Waals surface area contributed by atoms with Gasteiger partial charge in [0.05, 0.1) is 18.9 Å². The number of hydrogen-bond acceptors (Lipinski definition) is 5. The minimum absolute atomic E-state index is 0.0509. The highest BCUT2D eigenvalue weighted by atomic mass is 32.2. The predicted octanol–water partition coefficient (Wildman–Crippen LogP) is 4.39. The van der Waals surface area contributed by atoms with Crippen LogP contribution in [-0.4, -0.2) is 31.8 Å². The van der Waals surface area contributed by atoms with Crippen LogP contribution in [0.15, 0.2) is 65.6 Å². The third-order valence-electron chi connectivity index (χ3n) is 5.59. The highest BCUT2D eigenvalue weighted by Crippen LogP contribution is 2.31. The van der Waals surface area contributed by atoms with E-state index < -0.39 is 10.0 Å². The van der Waals surface area contributed by atoms with E-state index in [2.05, 4.69) is 5.32 Å². The van der Waals surface area contributed by atoms with Crippen LogP contribution in [0.2, 0.25) is 0 Å². The molecule has 1 aliphatic rings. The van der Waals surface area contributed by atoms with Crippen molar-refractivity contribution in [2.24, 2.45) is 0 Å². The first-order valence-electron chi connectivity index (χ1n) is 11.2. The van der Waals surface area contributed by atoms with Crippen LogP contribution < -0.4 is 10.1 Å². The van der Waals surface area contributed by atoms with Crippen molar-refractivity contribution in [3.05, 3.63) is 88.7 Å². The Morgan fingerprint density at radius 2 is 1.77 bits per heavy atom. The van der Waals surface area contributed by atoms with Gasteiger partial charge in [0, 0.05) is 25.6 Å². The second-order valence-corrected chi connectivity index (χ2v) is 10.3. The summed E-state index contributed by atoms with van der Waals surface area (Å²) in [5.41, 5.74) is 3.46. The fourth-order valence-electron chi connectivity index (χ4n) is 3.86. The predicted molar refractivity (Wildman–Crippen MR) is 130 cm³/mol. The third kappa shape index (κ3) is 6.05. The molecule has 0 saturated heterocycles. The van der Waals surface area contributed by atoms with E-state index >= 15 is 0 Å². The van der Waals surface area contributed by atoms with Crippen molar-refractivity contribution < 1.29 is 27.1 Å². The molecule has 1 amide bonds. The Morgan fingerprint density at radius 1 is 1.06 bits per heavy atom. The lowest BCUT2D eigenvalue weighted by molar-refractivity contribution is -0.114. The second kappa shape index (κ2) is 10.6. The Balaban J connectivity index is 1.53. The summed E-state index contributed by atoms with van der Waals surface area (Å²) in [5.74, 6) is -0.0229. The molecule has 1 aliphatic heterocycles. The van der Waals surface area contributed by atoms with Crippen LogP contribution in [0.4, 0.5) is 10.1 Å². The van der Waals surface area contributed by atoms with E-state index in [1.165, 1.54) is 23.4 Å². The third-order valence-corrected chi connectivity index (χ3v) is 7.47. The van der Waals surface area contributed by atoms with Gasteiger partial charge >= 0.3 is 0 Å². The molecule has 0 saturated carbocycles. The van der Waals surface area contributed by atoms with Gasteiger partial charge in [0.15, 0.2) is 0 Å². The number of fused-ring (bicyclic) bond motifs is 1. The summed E-state index contributed by atoms with van der Waals surface area (Å²) in [6.07, 6.45) is 0. The van der Waals surface area contributed by atoms with Gasteiger partial charge in [0.1, 0.15) is 23.1 Å². The Hall–Kier alpha value is -3.27. The Labute approximate surface area is 204 Å². The number of halogens is 1. The van der Waals surface area contributed by atoms with E-state index in [-0.39, 0.29) is 42.0 Å². The summed E-state index contributed by atoms with van der Waals surface area (Å²) < 4.78 is 53.2. The molecule has 0 atom stereocenters. The molecule has 4 rings (SSSR count). The fourth-order valence-corrected chi connectivity index (χ4v) is 5.49. The summed E-state index contributed by atoms with van der Waals surface area (Å²) in [6, 6.07) is 16.6. The first-order valence-corrected chi connectivity index (χ1v) is 12.6. The zero-order chi connectivity index (χ0) is 25.0. The molecule has 0 aromatic heterocycles. The number of amides is 1. The molecule has 9 heteroatoms. The van der Waals surface area contributed by atoms with Gasteiger partial charge in [-0.05, 0) is 60.0 Å². The lowest BCUT2D eigenvalue weighted by Crippen LogP contribution is -2.33. The molecule has 3 aromatic rings. The summed E-state index contributed by atoms with van der Waals surface area (Å²) in [4.78, 5) is 11.7. The number of hydrogen-bond donors (Lipinski definition) is 1. The number of nitrogens with one attached hydrogen (secondary N) is 1. The molecule has 1 heterocycles. The molecule has 0 unspecified atom stereocenters. The normalized spacial score (nSPS) is 14.0. The molecule has 0 fully saturated rings. The minimum atomic E-state index is -3.92. The van der Waals surface area contributed by atoms with Gasteiger partial charge in [-0.2, -0.15) is 4.31 Å². The zero-order valence-electron chi connectivity index (χ0n) is 19.6. The maximum atomic E-state index is 13.6. The molecule has 3 aromatic carbocycles. The first kappa shape index (κ1) is 24.8. The van der Waals surface area contributed by atoms with Crippen LogP contribution in [0.25, 0.3) is 0 Å². The molecule has 0 spiro atoms. The summed E-state index contributed by atoms with van der Waals surface area (Å²) in [5, 5.41) is 2.62. The highest BCUT2D eigenvalue weighted by molar-refractivity contribution is 7.89. The van der Waals surface area contributed by atoms with Crippen molar-refractivity contribution in [2.45, 2.75) is 38.5 Å². The number of rotatable bonds is 7. The summed E-state index contributed by atoms with van der Waals surface area (Å²) >= 11 is 0. The molecule has 35 heavy (non-hydrogen) atoms. The molecule has 184 valence electrons. The van der Waals surface area contributed by atoms with Crippen molar-refractivity contribution in [2.75, 3.05) is 18.5 Å². The Bertz CT molecular complexity index is 1330. The number of aryl methyl sites for hydroxylation is 1. The van der Waals surface area contributed by atoms with Crippen LogP contribution in [0.3, 0.4) is 0 Å². The standard InChI is InChI=1S/C26H27FN2O5S/c1-18-3-9-24(28-19(2)30)26(13-18)35(31,32)29-11-12-34-25-10-6-21(14-22(25)15-29)17-33-16-20-4-7-23(27)8-5-20/h3-10,13-14H,11-12,15-17H2,1-2H3,(H,28,30). The van der Waals surface area contributed by atoms with E-state index in [1.54, 1.807) is 37.3 Å². The van der Waals surface area contributed by atoms with E-state index in [9.17, 15) is 17.6 Å². The van der Waals surface area contributed by atoms with Gasteiger partial charge in [-0.15, -0.1) is 0 Å². The number of sulfonamides is 1. The maximum absolute atomic E-state index is 13.6. The molecule has 1 N–H and O–H groups in total. The molecular weight excluding hydrogens is 471 g/mol. The topological polar surface area (TPSA) is 84.9 Å². The number of nitrogens with zero attached hydrogens (tertiary/aromatic N) is 1. The van der Waals surface area contributed by atoms with E-state index in [1.807, 2.05) is 18.2 Å². The number of carbonyl (C=O) groups is 1. The quantitative estimate of drug-likeness (QED) is 0.522. The minimum Gasteiger partial charge on any atom is -0.492 e. The number of benzene rings is 3. The average Bonchev–Trinajstić information content (AvgIpc) is 3.04. The van der Waals surface area contributed by atoms with Crippen LogP contribution in [0, 0.1) is 12.7 Å². The van der Waals surface area contributed by atoms with Gasteiger partial charge < -0.3 is 14.8 Å². The van der Waals surface area contributed by atoms with Crippen molar-refractivity contribution in [1.29, 1.82) is 0 Å². The largest absolute Gasteiger partial charge is 0.492 e. The zero-order valence-corrected chi connectivity index (χ0v) is 20.4. The highest BCUT2D eigenvalue weighted by Gasteiger charge is 2.30. The van der Waals surface area contributed by atoms with Gasteiger partial charge in [0.2, 0.25) is 15.9 Å². The van der Waals surface area contributed by atoms with Crippen molar-refractivity contribution in [3.63, 3.8) is 0 Å². The van der Waals surface area contributed by atoms with Crippen LogP contribution >= 0.6 is 0 Å². The monoisotopic (exact) mass is 498 g/mol. The van der Waals surface area contributed by atoms with Gasteiger partial charge in [-0.3, -0.25) is 4.79 Å². The Morgan fingerprint density at radius 3 is 2.51 bits per heavy atom. The average molecular weight is 499 g/mol. The molecule has 0 bridgehead atoms. The van der Waals surface area contributed by atoms with E-state index in [0.717, 1.165) is 22.3 Å². The fraction of sp³-hybridized carbons (Fsp3) is 0.269. The molecule has 0 radical (unpaired) electrons. The lowest BCUT2D eigenvalue weighted by atomic mass is 10.1. The Kier molecular flexibility index (Phi) is 7.49. The first-order chi connectivity index (χ1) is 16.7.